The number of hydrogen-bond acceptors (Lipinski definition) is 6. The van der Waals surface area contributed by atoms with Crippen LogP contribution in [0.2, 0.25) is 0 Å². The quantitative estimate of drug-likeness (QED) is 0.445. The second-order valence-corrected chi connectivity index (χ2v) is 9.22. The van der Waals surface area contributed by atoms with Gasteiger partial charge < -0.3 is 15.1 Å². The predicted octanol–water partition coefficient (Wildman–Crippen LogP) is 4.91. The lowest BCUT2D eigenvalue weighted by Gasteiger charge is -2.34. The lowest BCUT2D eigenvalue weighted by molar-refractivity contribution is -0.143. The second-order valence-electron chi connectivity index (χ2n) is 9.22. The van der Waals surface area contributed by atoms with E-state index in [1.54, 1.807) is 4.68 Å². The maximum Gasteiger partial charge on any atom is 0.306 e. The number of aromatic nitrogens is 2. The number of allylic oxidation sites excluding steroid dienone is 1. The van der Waals surface area contributed by atoms with Crippen LogP contribution in [0.4, 0.5) is 11.5 Å². The van der Waals surface area contributed by atoms with Gasteiger partial charge in [0.2, 0.25) is 0 Å². The van der Waals surface area contributed by atoms with Crippen LogP contribution in [-0.4, -0.2) is 49.4 Å². The molecule has 2 heterocycles. The molecule has 2 unspecified atom stereocenters. The summed E-state index contributed by atoms with van der Waals surface area (Å²) < 4.78 is 1.74. The smallest absolute Gasteiger partial charge is 0.306 e. The van der Waals surface area contributed by atoms with E-state index in [4.69, 9.17) is 11.7 Å². The highest BCUT2D eigenvalue weighted by atomic mass is 16.4. The highest BCUT2D eigenvalue weighted by molar-refractivity contribution is 5.70. The molecule has 0 bridgehead atoms. The number of rotatable bonds is 7. The highest BCUT2D eigenvalue weighted by Gasteiger charge is 2.40. The maximum absolute atomic E-state index is 11.3. The molecule has 0 aromatic carbocycles. The van der Waals surface area contributed by atoms with Gasteiger partial charge in [0.25, 0.3) is 5.69 Å². The topological polar surface area (TPSA) is 125 Å². The van der Waals surface area contributed by atoms with E-state index >= 15 is 0 Å². The van der Waals surface area contributed by atoms with Crippen molar-refractivity contribution < 1.29 is 19.8 Å². The van der Waals surface area contributed by atoms with E-state index in [1.165, 1.54) is 6.20 Å². The normalized spacial score (nSPS) is 27.6. The summed E-state index contributed by atoms with van der Waals surface area (Å²) in [5.41, 5.74) is 2.18. The molecule has 10 heteroatoms. The molecule has 2 atom stereocenters. The number of hydrogen-bond donors (Lipinski definition) is 2. The van der Waals surface area contributed by atoms with Crippen LogP contribution in [0.15, 0.2) is 27.8 Å². The summed E-state index contributed by atoms with van der Waals surface area (Å²) in [6.45, 7) is 9.96. The second kappa shape index (κ2) is 9.73. The molecule has 1 aromatic heterocycles. The van der Waals surface area contributed by atoms with Crippen molar-refractivity contribution in [2.75, 3.05) is 6.54 Å². The standard InChI is InChI=1S/C23H30N6O4/c1-14-21(17-5-3-4-6-19(17)28(14)12-11-20(30)31)26-27-22-18(24-2)13-25-29(22)16-9-7-15(8-10-16)23(32)33/h13,15-17,19H,3-12H2,1H3,(H,30,31)(H,32,33). The molecule has 2 N–H and O–H groups in total. The molecule has 2 fully saturated rings. The lowest BCUT2D eigenvalue weighted by Crippen LogP contribution is -2.37. The average Bonchev–Trinajstić information content (AvgIpc) is 3.34. The van der Waals surface area contributed by atoms with Crippen molar-refractivity contribution in [3.8, 4) is 0 Å². The summed E-state index contributed by atoms with van der Waals surface area (Å²) in [5, 5.41) is 32.0. The Kier molecular flexibility index (Phi) is 6.77. The predicted molar refractivity (Wildman–Crippen MR) is 119 cm³/mol. The van der Waals surface area contributed by atoms with E-state index in [0.29, 0.717) is 43.7 Å². The molecule has 1 aliphatic heterocycles. The van der Waals surface area contributed by atoms with Gasteiger partial charge in [0.1, 0.15) is 0 Å². The fraction of sp³-hybridized carbons (Fsp3) is 0.652. The molecule has 0 saturated heterocycles. The summed E-state index contributed by atoms with van der Waals surface area (Å²) in [5.74, 6) is -1.26. The van der Waals surface area contributed by atoms with Crippen molar-refractivity contribution in [1.29, 1.82) is 0 Å². The van der Waals surface area contributed by atoms with Crippen LogP contribution in [0.3, 0.4) is 0 Å². The highest BCUT2D eigenvalue weighted by Crippen LogP contribution is 2.44. The van der Waals surface area contributed by atoms with Crippen molar-refractivity contribution in [3.63, 3.8) is 0 Å². The van der Waals surface area contributed by atoms with Gasteiger partial charge in [-0.05, 0) is 45.4 Å². The van der Waals surface area contributed by atoms with Crippen LogP contribution in [0.25, 0.3) is 4.85 Å². The summed E-state index contributed by atoms with van der Waals surface area (Å²) in [7, 11) is 0. The third-order valence-corrected chi connectivity index (χ3v) is 7.36. The lowest BCUT2D eigenvalue weighted by atomic mass is 9.84. The fourth-order valence-corrected chi connectivity index (χ4v) is 5.62. The van der Waals surface area contributed by atoms with Crippen molar-refractivity contribution in [2.45, 2.75) is 76.8 Å². The summed E-state index contributed by atoms with van der Waals surface area (Å²) >= 11 is 0. The van der Waals surface area contributed by atoms with Crippen molar-refractivity contribution >= 4 is 23.4 Å². The third kappa shape index (κ3) is 4.63. The van der Waals surface area contributed by atoms with Gasteiger partial charge in [-0.25, -0.2) is 4.85 Å². The third-order valence-electron chi connectivity index (χ3n) is 7.36. The zero-order chi connectivity index (χ0) is 23.5. The van der Waals surface area contributed by atoms with Gasteiger partial charge >= 0.3 is 11.9 Å². The Balaban J connectivity index is 1.59. The number of carboxylic acids is 2. The largest absolute Gasteiger partial charge is 0.481 e. The van der Waals surface area contributed by atoms with Crippen LogP contribution < -0.4 is 0 Å². The minimum Gasteiger partial charge on any atom is -0.481 e. The molecule has 0 amide bonds. The van der Waals surface area contributed by atoms with E-state index < -0.39 is 11.9 Å². The molecule has 3 aliphatic rings. The van der Waals surface area contributed by atoms with Crippen LogP contribution in [-0.2, 0) is 9.59 Å². The van der Waals surface area contributed by atoms with Gasteiger partial charge in [-0.2, -0.15) is 10.2 Å². The number of fused-ring (bicyclic) bond motifs is 1. The molecule has 10 nitrogen and oxygen atoms in total. The fourth-order valence-electron chi connectivity index (χ4n) is 5.62. The van der Waals surface area contributed by atoms with Gasteiger partial charge in [0.05, 0.1) is 36.8 Å². The Morgan fingerprint density at radius 2 is 1.88 bits per heavy atom. The monoisotopic (exact) mass is 454 g/mol. The van der Waals surface area contributed by atoms with Gasteiger partial charge in [-0.15, -0.1) is 5.11 Å². The van der Waals surface area contributed by atoms with E-state index in [0.717, 1.165) is 37.1 Å². The maximum atomic E-state index is 11.3. The molecule has 0 spiro atoms. The first-order chi connectivity index (χ1) is 15.9. The zero-order valence-electron chi connectivity index (χ0n) is 18.9. The average molecular weight is 455 g/mol. The molecule has 2 aliphatic carbocycles. The number of aliphatic carboxylic acids is 2. The van der Waals surface area contributed by atoms with Crippen molar-refractivity contribution in [3.05, 3.63) is 29.0 Å². The van der Waals surface area contributed by atoms with E-state index in [1.807, 2.05) is 6.92 Å². The Bertz CT molecular complexity index is 1010. The van der Waals surface area contributed by atoms with Crippen LogP contribution in [0.1, 0.15) is 70.8 Å². The van der Waals surface area contributed by atoms with Gasteiger partial charge in [0, 0.05) is 24.2 Å². The first-order valence-corrected chi connectivity index (χ1v) is 11.7. The summed E-state index contributed by atoms with van der Waals surface area (Å²) in [4.78, 5) is 28.2. The van der Waals surface area contributed by atoms with Crippen molar-refractivity contribution in [2.24, 2.45) is 22.1 Å². The molecular weight excluding hydrogens is 424 g/mol. The minimum atomic E-state index is -0.812. The summed E-state index contributed by atoms with van der Waals surface area (Å²) in [6.07, 6.45) is 8.33. The van der Waals surface area contributed by atoms with E-state index in [-0.39, 0.29) is 30.3 Å². The van der Waals surface area contributed by atoms with Gasteiger partial charge in [-0.1, -0.05) is 12.8 Å². The van der Waals surface area contributed by atoms with Crippen LogP contribution in [0, 0.1) is 18.4 Å². The van der Waals surface area contributed by atoms with Crippen LogP contribution >= 0.6 is 0 Å². The number of nitrogens with zero attached hydrogens (tertiary/aromatic N) is 6. The first kappa shape index (κ1) is 23.0. The first-order valence-electron chi connectivity index (χ1n) is 11.7. The molecule has 0 radical (unpaired) electrons. The zero-order valence-corrected chi connectivity index (χ0v) is 18.9. The molecule has 33 heavy (non-hydrogen) atoms. The van der Waals surface area contributed by atoms with E-state index in [2.05, 4.69) is 25.1 Å². The Labute approximate surface area is 192 Å². The van der Waals surface area contributed by atoms with Gasteiger partial charge in [-0.3, -0.25) is 14.3 Å². The number of carbonyl (C=O) groups is 2. The molecule has 4 rings (SSSR count). The Morgan fingerprint density at radius 1 is 1.15 bits per heavy atom. The molecular formula is C23H30N6O4. The Hall–Kier alpha value is -3.22. The Morgan fingerprint density at radius 3 is 2.55 bits per heavy atom. The number of azo groups is 1. The summed E-state index contributed by atoms with van der Waals surface area (Å²) in [6, 6.07) is 0.252. The van der Waals surface area contributed by atoms with E-state index in [9.17, 15) is 14.7 Å². The minimum absolute atomic E-state index is 0.00167. The molecule has 176 valence electrons. The number of carboxylic acid groups (broad SMARTS) is 2. The van der Waals surface area contributed by atoms with Gasteiger partial charge in [0.15, 0.2) is 5.82 Å². The molecule has 2 saturated carbocycles. The molecule has 1 aromatic rings. The SMILES string of the molecule is [C-]#[N+]c1cnn(C2CCC(C(=O)O)CC2)c1N=NC1=C(C)N(CCC(=O)O)C2CCCCC12. The van der Waals surface area contributed by atoms with Crippen molar-refractivity contribution in [1.82, 2.24) is 14.7 Å². The van der Waals surface area contributed by atoms with Crippen LogP contribution in [0.5, 0.6) is 0 Å².